The normalized spacial score (nSPS) is 15.2. The standard InChI is InChI=1S/C15H23N3S.C4H4O4/c1-12(2)14(13-7-3-4-8-16-13)15(19)17-11-18-9-5-6-10-18;5-3(6)1-2-4(7)8/h3-4,7-8,12,14H,5-6,9-11H2,1-2H3,(H,17,19);1-2H,(H,5,6)(H,7,8). The van der Waals surface area contributed by atoms with Gasteiger partial charge in [-0.2, -0.15) is 0 Å². The molecule has 1 unspecified atom stereocenters. The molecule has 0 bridgehead atoms. The molecule has 0 amide bonds. The summed E-state index contributed by atoms with van der Waals surface area (Å²) >= 11 is 5.59. The summed E-state index contributed by atoms with van der Waals surface area (Å²) in [4.78, 5) is 26.9. The SMILES string of the molecule is CC(C)C(C(=S)NCN1CCCC1)c1ccccn1.O=C(O)C=CC(=O)O. The summed E-state index contributed by atoms with van der Waals surface area (Å²) in [6.45, 7) is 7.64. The topological polar surface area (TPSA) is 103 Å². The maximum absolute atomic E-state index is 9.55. The summed E-state index contributed by atoms with van der Waals surface area (Å²) in [5, 5.41) is 19.0. The van der Waals surface area contributed by atoms with E-state index in [2.05, 4.69) is 35.1 Å². The van der Waals surface area contributed by atoms with Crippen molar-refractivity contribution in [3.8, 4) is 0 Å². The van der Waals surface area contributed by atoms with Gasteiger partial charge in [0.25, 0.3) is 0 Å². The zero-order chi connectivity index (χ0) is 20.2. The minimum absolute atomic E-state index is 0.207. The Bertz CT molecular complexity index is 628. The van der Waals surface area contributed by atoms with Crippen LogP contribution < -0.4 is 5.32 Å². The quantitative estimate of drug-likeness (QED) is 0.480. The monoisotopic (exact) mass is 393 g/mol. The molecule has 7 nitrogen and oxygen atoms in total. The molecule has 0 saturated carbocycles. The number of carboxylic acids is 2. The van der Waals surface area contributed by atoms with Crippen molar-refractivity contribution in [2.24, 2.45) is 5.92 Å². The molecule has 0 aromatic carbocycles. The minimum Gasteiger partial charge on any atom is -0.478 e. The predicted octanol–water partition coefficient (Wildman–Crippen LogP) is 2.50. The van der Waals surface area contributed by atoms with Crippen molar-refractivity contribution in [1.82, 2.24) is 15.2 Å². The van der Waals surface area contributed by atoms with Gasteiger partial charge in [-0.1, -0.05) is 32.1 Å². The van der Waals surface area contributed by atoms with Gasteiger partial charge in [0.1, 0.15) is 0 Å². The van der Waals surface area contributed by atoms with Gasteiger partial charge >= 0.3 is 11.9 Å². The number of nitrogens with zero attached hydrogens (tertiary/aromatic N) is 2. The highest BCUT2D eigenvalue weighted by Crippen LogP contribution is 2.23. The number of carbonyl (C=O) groups is 2. The lowest BCUT2D eigenvalue weighted by atomic mass is 9.92. The average Bonchev–Trinajstić information content (AvgIpc) is 3.13. The molecular formula is C19H27N3O4S. The third kappa shape index (κ3) is 9.25. The van der Waals surface area contributed by atoms with E-state index >= 15 is 0 Å². The summed E-state index contributed by atoms with van der Waals surface area (Å²) < 4.78 is 0. The zero-order valence-electron chi connectivity index (χ0n) is 15.7. The third-order valence-electron chi connectivity index (χ3n) is 4.00. The summed E-state index contributed by atoms with van der Waals surface area (Å²) in [5.74, 6) is -1.85. The molecule has 2 heterocycles. The van der Waals surface area contributed by atoms with Crippen molar-refractivity contribution >= 4 is 29.1 Å². The molecule has 0 spiro atoms. The minimum atomic E-state index is -1.26. The lowest BCUT2D eigenvalue weighted by Gasteiger charge is -2.24. The molecule has 0 aliphatic carbocycles. The Labute approximate surface area is 165 Å². The van der Waals surface area contributed by atoms with Crippen LogP contribution in [-0.4, -0.2) is 56.8 Å². The van der Waals surface area contributed by atoms with Crippen molar-refractivity contribution in [2.45, 2.75) is 32.6 Å². The summed E-state index contributed by atoms with van der Waals surface area (Å²) in [5.41, 5.74) is 1.07. The molecule has 148 valence electrons. The highest BCUT2D eigenvalue weighted by molar-refractivity contribution is 7.80. The molecule has 2 rings (SSSR count). The third-order valence-corrected chi connectivity index (χ3v) is 4.40. The van der Waals surface area contributed by atoms with Crippen molar-refractivity contribution in [1.29, 1.82) is 0 Å². The summed E-state index contributed by atoms with van der Waals surface area (Å²) in [6.07, 6.45) is 5.57. The van der Waals surface area contributed by atoms with Crippen LogP contribution in [0.3, 0.4) is 0 Å². The highest BCUT2D eigenvalue weighted by atomic mass is 32.1. The molecule has 8 heteroatoms. The molecule has 3 N–H and O–H groups in total. The molecular weight excluding hydrogens is 366 g/mol. The number of aliphatic carboxylic acids is 2. The van der Waals surface area contributed by atoms with Crippen LogP contribution in [-0.2, 0) is 9.59 Å². The number of rotatable bonds is 7. The number of nitrogens with one attached hydrogen (secondary N) is 1. The van der Waals surface area contributed by atoms with E-state index in [4.69, 9.17) is 22.4 Å². The van der Waals surface area contributed by atoms with E-state index in [0.717, 1.165) is 17.4 Å². The fourth-order valence-corrected chi connectivity index (χ4v) is 3.18. The zero-order valence-corrected chi connectivity index (χ0v) is 16.5. The maximum Gasteiger partial charge on any atom is 0.328 e. The Morgan fingerprint density at radius 2 is 1.81 bits per heavy atom. The number of pyridine rings is 1. The van der Waals surface area contributed by atoms with Crippen LogP contribution in [0.25, 0.3) is 0 Å². The Balaban J connectivity index is 0.000000387. The van der Waals surface area contributed by atoms with Crippen molar-refractivity contribution in [3.63, 3.8) is 0 Å². The molecule has 27 heavy (non-hydrogen) atoms. The van der Waals surface area contributed by atoms with E-state index < -0.39 is 11.9 Å². The van der Waals surface area contributed by atoms with Gasteiger partial charge in [-0.15, -0.1) is 0 Å². The number of carboxylic acid groups (broad SMARTS) is 2. The molecule has 0 radical (unpaired) electrons. The van der Waals surface area contributed by atoms with Gasteiger partial charge in [-0.25, -0.2) is 9.59 Å². The lowest BCUT2D eigenvalue weighted by Crippen LogP contribution is -2.38. The first kappa shape index (κ1) is 22.7. The van der Waals surface area contributed by atoms with Crippen molar-refractivity contribution in [3.05, 3.63) is 42.2 Å². The fraction of sp³-hybridized carbons (Fsp3) is 0.474. The number of hydrogen-bond acceptors (Lipinski definition) is 5. The van der Waals surface area contributed by atoms with E-state index in [1.807, 2.05) is 18.3 Å². The summed E-state index contributed by atoms with van der Waals surface area (Å²) in [6, 6.07) is 6.04. The van der Waals surface area contributed by atoms with Gasteiger partial charge < -0.3 is 15.5 Å². The fourth-order valence-electron chi connectivity index (χ4n) is 2.72. The predicted molar refractivity (Wildman–Crippen MR) is 108 cm³/mol. The molecule has 1 aliphatic rings. The van der Waals surface area contributed by atoms with E-state index in [0.29, 0.717) is 18.1 Å². The number of thiocarbonyl (C=S) groups is 1. The van der Waals surface area contributed by atoms with Crippen LogP contribution in [0.4, 0.5) is 0 Å². The van der Waals surface area contributed by atoms with Gasteiger partial charge in [0.05, 0.1) is 23.3 Å². The Morgan fingerprint density at radius 3 is 2.26 bits per heavy atom. The van der Waals surface area contributed by atoms with Crippen molar-refractivity contribution in [2.75, 3.05) is 19.8 Å². The Kier molecular flexibility index (Phi) is 10.2. The van der Waals surface area contributed by atoms with E-state index in [9.17, 15) is 9.59 Å². The second kappa shape index (κ2) is 12.1. The highest BCUT2D eigenvalue weighted by Gasteiger charge is 2.22. The van der Waals surface area contributed by atoms with Gasteiger partial charge in [0, 0.05) is 18.3 Å². The molecule has 1 atom stereocenters. The van der Waals surface area contributed by atoms with E-state index in [1.165, 1.54) is 25.9 Å². The molecule has 1 aromatic rings. The van der Waals surface area contributed by atoms with E-state index in [1.54, 1.807) is 0 Å². The molecule has 1 aromatic heterocycles. The first-order valence-corrected chi connectivity index (χ1v) is 9.27. The van der Waals surface area contributed by atoms with Gasteiger partial charge in [0.2, 0.25) is 0 Å². The Hall–Kier alpha value is -2.32. The smallest absolute Gasteiger partial charge is 0.328 e. The van der Waals surface area contributed by atoms with Crippen LogP contribution in [0.15, 0.2) is 36.5 Å². The number of aromatic nitrogens is 1. The van der Waals surface area contributed by atoms with Crippen LogP contribution in [0.2, 0.25) is 0 Å². The van der Waals surface area contributed by atoms with Crippen LogP contribution in [0.5, 0.6) is 0 Å². The van der Waals surface area contributed by atoms with Crippen LogP contribution in [0.1, 0.15) is 38.3 Å². The molecule has 1 fully saturated rings. The number of likely N-dealkylation sites (tertiary alicyclic amines) is 1. The first-order chi connectivity index (χ1) is 12.8. The first-order valence-electron chi connectivity index (χ1n) is 8.86. The average molecular weight is 394 g/mol. The van der Waals surface area contributed by atoms with E-state index in [-0.39, 0.29) is 5.92 Å². The second-order valence-electron chi connectivity index (χ2n) is 6.51. The lowest BCUT2D eigenvalue weighted by molar-refractivity contribution is -0.134. The van der Waals surface area contributed by atoms with Crippen LogP contribution >= 0.6 is 12.2 Å². The van der Waals surface area contributed by atoms with Gasteiger partial charge in [0.15, 0.2) is 0 Å². The second-order valence-corrected chi connectivity index (χ2v) is 6.95. The summed E-state index contributed by atoms with van der Waals surface area (Å²) in [7, 11) is 0. The molecule has 1 aliphatic heterocycles. The maximum atomic E-state index is 9.55. The van der Waals surface area contributed by atoms with Crippen molar-refractivity contribution < 1.29 is 19.8 Å². The Morgan fingerprint density at radius 1 is 1.22 bits per heavy atom. The van der Waals surface area contributed by atoms with Gasteiger partial charge in [-0.3, -0.25) is 9.88 Å². The number of hydrogen-bond donors (Lipinski definition) is 3. The van der Waals surface area contributed by atoms with Gasteiger partial charge in [-0.05, 0) is 44.0 Å². The van der Waals surface area contributed by atoms with Crippen LogP contribution in [0, 0.1) is 5.92 Å². The largest absolute Gasteiger partial charge is 0.478 e. The molecule has 1 saturated heterocycles.